The van der Waals surface area contributed by atoms with E-state index in [-0.39, 0.29) is 0 Å². The van der Waals surface area contributed by atoms with Crippen LogP contribution >= 0.6 is 0 Å². The van der Waals surface area contributed by atoms with Crippen molar-refractivity contribution >= 4 is 17.5 Å². The fourth-order valence-electron chi connectivity index (χ4n) is 2.48. The molecule has 0 radical (unpaired) electrons. The zero-order chi connectivity index (χ0) is 19.1. The summed E-state index contributed by atoms with van der Waals surface area (Å²) in [6.07, 6.45) is 3.86. The molecule has 0 spiro atoms. The van der Waals surface area contributed by atoms with E-state index in [4.69, 9.17) is 10.5 Å². The molecule has 1 heterocycles. The van der Waals surface area contributed by atoms with Crippen LogP contribution in [-0.2, 0) is 0 Å². The average Bonchev–Trinajstić information content (AvgIpc) is 2.69. The molecule has 0 unspecified atom stereocenters. The van der Waals surface area contributed by atoms with Gasteiger partial charge in [-0.2, -0.15) is 0 Å². The lowest BCUT2D eigenvalue weighted by Crippen LogP contribution is -2.10. The van der Waals surface area contributed by atoms with Crippen LogP contribution in [0.5, 0.6) is 5.75 Å². The van der Waals surface area contributed by atoms with Gasteiger partial charge in [-0.15, -0.1) is 0 Å². The first kappa shape index (κ1) is 18.4. The van der Waals surface area contributed by atoms with Crippen molar-refractivity contribution < 1.29 is 9.53 Å². The van der Waals surface area contributed by atoms with E-state index in [0.717, 1.165) is 42.1 Å². The van der Waals surface area contributed by atoms with Crippen LogP contribution < -0.4 is 15.8 Å². The normalized spacial score (nSPS) is 10.4. The number of carbonyl (C=O) groups is 1. The van der Waals surface area contributed by atoms with Crippen LogP contribution in [0, 0.1) is 0 Å². The number of nitrogens with zero attached hydrogens (tertiary/aromatic N) is 2. The number of hydrogen-bond donors (Lipinski definition) is 2. The lowest BCUT2D eigenvalue weighted by Gasteiger charge is -2.08. The summed E-state index contributed by atoms with van der Waals surface area (Å²) in [6, 6.07) is 16.6. The molecule has 6 nitrogen and oxygen atoms in total. The smallest absolute Gasteiger partial charge is 0.248 e. The number of ether oxygens (including phenoxy) is 1. The molecule has 1 aromatic heterocycles. The molecule has 138 valence electrons. The Morgan fingerprint density at radius 3 is 2.48 bits per heavy atom. The van der Waals surface area contributed by atoms with E-state index >= 15 is 0 Å². The standard InChI is InChI=1S/C21H22N4O2/c1-2-3-14-27-18-10-6-15(7-11-18)19-12-13-23-21(25-19)24-17-8-4-16(5-9-17)20(22)26/h4-13H,2-3,14H2,1H3,(H2,22,26)(H,23,24,25). The number of hydrogen-bond acceptors (Lipinski definition) is 5. The highest BCUT2D eigenvalue weighted by Gasteiger charge is 2.05. The van der Waals surface area contributed by atoms with Gasteiger partial charge in [0.25, 0.3) is 0 Å². The molecular weight excluding hydrogens is 340 g/mol. The van der Waals surface area contributed by atoms with Gasteiger partial charge >= 0.3 is 0 Å². The average molecular weight is 362 g/mol. The van der Waals surface area contributed by atoms with Crippen LogP contribution in [0.25, 0.3) is 11.3 Å². The molecule has 0 bridgehead atoms. The second-order valence-corrected chi connectivity index (χ2v) is 6.06. The Morgan fingerprint density at radius 1 is 1.07 bits per heavy atom. The molecule has 0 atom stereocenters. The summed E-state index contributed by atoms with van der Waals surface area (Å²) in [4.78, 5) is 19.9. The Hall–Kier alpha value is -3.41. The topological polar surface area (TPSA) is 90.1 Å². The van der Waals surface area contributed by atoms with Crippen molar-refractivity contribution in [2.24, 2.45) is 5.73 Å². The third-order valence-electron chi connectivity index (χ3n) is 4.00. The summed E-state index contributed by atoms with van der Waals surface area (Å²) in [6.45, 7) is 2.87. The molecule has 3 rings (SSSR count). The first-order valence-electron chi connectivity index (χ1n) is 8.89. The Morgan fingerprint density at radius 2 is 1.81 bits per heavy atom. The van der Waals surface area contributed by atoms with Crippen LogP contribution in [0.4, 0.5) is 11.6 Å². The van der Waals surface area contributed by atoms with Gasteiger partial charge in [0.1, 0.15) is 5.75 Å². The monoisotopic (exact) mass is 362 g/mol. The minimum atomic E-state index is -0.457. The van der Waals surface area contributed by atoms with Crippen LogP contribution in [-0.4, -0.2) is 22.5 Å². The van der Waals surface area contributed by atoms with Gasteiger partial charge in [-0.05, 0) is 61.0 Å². The molecule has 0 saturated carbocycles. The zero-order valence-corrected chi connectivity index (χ0v) is 15.2. The molecule has 2 aromatic carbocycles. The maximum absolute atomic E-state index is 11.1. The van der Waals surface area contributed by atoms with Crippen molar-refractivity contribution in [3.8, 4) is 17.0 Å². The number of aromatic nitrogens is 2. The molecule has 27 heavy (non-hydrogen) atoms. The molecular formula is C21H22N4O2. The summed E-state index contributed by atoms with van der Waals surface area (Å²) in [5.41, 5.74) is 8.27. The number of primary amides is 1. The maximum atomic E-state index is 11.1. The summed E-state index contributed by atoms with van der Waals surface area (Å²) in [5.74, 6) is 0.874. The molecule has 6 heteroatoms. The number of amides is 1. The van der Waals surface area contributed by atoms with Crippen molar-refractivity contribution in [1.29, 1.82) is 0 Å². The fourth-order valence-corrected chi connectivity index (χ4v) is 2.48. The number of unbranched alkanes of at least 4 members (excludes halogenated alkanes) is 1. The van der Waals surface area contributed by atoms with Crippen molar-refractivity contribution in [2.75, 3.05) is 11.9 Å². The van der Waals surface area contributed by atoms with Crippen LogP contribution in [0.15, 0.2) is 60.8 Å². The predicted molar refractivity (Wildman–Crippen MR) is 106 cm³/mol. The highest BCUT2D eigenvalue weighted by Crippen LogP contribution is 2.22. The Bertz CT molecular complexity index is 893. The van der Waals surface area contributed by atoms with E-state index < -0.39 is 5.91 Å². The second-order valence-electron chi connectivity index (χ2n) is 6.06. The number of nitrogens with one attached hydrogen (secondary N) is 1. The lowest BCUT2D eigenvalue weighted by atomic mass is 10.1. The van der Waals surface area contributed by atoms with Crippen LogP contribution in [0.3, 0.4) is 0 Å². The van der Waals surface area contributed by atoms with Gasteiger partial charge < -0.3 is 15.8 Å². The van der Waals surface area contributed by atoms with E-state index in [0.29, 0.717) is 11.5 Å². The summed E-state index contributed by atoms with van der Waals surface area (Å²) >= 11 is 0. The van der Waals surface area contributed by atoms with E-state index in [1.54, 1.807) is 30.5 Å². The molecule has 1 amide bonds. The van der Waals surface area contributed by atoms with Gasteiger partial charge in [0.05, 0.1) is 12.3 Å². The molecule has 0 saturated heterocycles. The quantitative estimate of drug-likeness (QED) is 0.587. The van der Waals surface area contributed by atoms with Crippen molar-refractivity contribution in [3.05, 3.63) is 66.4 Å². The Balaban J connectivity index is 1.70. The van der Waals surface area contributed by atoms with E-state index in [1.165, 1.54) is 0 Å². The van der Waals surface area contributed by atoms with E-state index in [1.807, 2.05) is 30.3 Å². The van der Waals surface area contributed by atoms with Crippen LogP contribution in [0.2, 0.25) is 0 Å². The number of anilines is 2. The maximum Gasteiger partial charge on any atom is 0.248 e. The molecule has 3 N–H and O–H groups in total. The third-order valence-corrected chi connectivity index (χ3v) is 4.00. The predicted octanol–water partition coefficient (Wildman–Crippen LogP) is 4.17. The van der Waals surface area contributed by atoms with Crippen molar-refractivity contribution in [1.82, 2.24) is 9.97 Å². The molecule has 3 aromatic rings. The first-order valence-corrected chi connectivity index (χ1v) is 8.89. The molecule has 0 fully saturated rings. The first-order chi connectivity index (χ1) is 13.2. The number of carbonyl (C=O) groups excluding carboxylic acids is 1. The van der Waals surface area contributed by atoms with Gasteiger partial charge in [-0.3, -0.25) is 4.79 Å². The van der Waals surface area contributed by atoms with E-state index in [9.17, 15) is 4.79 Å². The second kappa shape index (κ2) is 8.80. The van der Waals surface area contributed by atoms with Gasteiger partial charge in [0, 0.05) is 23.0 Å². The lowest BCUT2D eigenvalue weighted by molar-refractivity contribution is 0.100. The SMILES string of the molecule is CCCCOc1ccc(-c2ccnc(Nc3ccc(C(N)=O)cc3)n2)cc1. The van der Waals surface area contributed by atoms with Gasteiger partial charge in [0.15, 0.2) is 0 Å². The van der Waals surface area contributed by atoms with Gasteiger partial charge in [-0.1, -0.05) is 13.3 Å². The number of rotatable bonds is 8. The molecule has 0 aliphatic carbocycles. The van der Waals surface area contributed by atoms with Crippen LogP contribution in [0.1, 0.15) is 30.1 Å². The largest absolute Gasteiger partial charge is 0.494 e. The molecule has 0 aliphatic heterocycles. The summed E-state index contributed by atoms with van der Waals surface area (Å²) in [7, 11) is 0. The van der Waals surface area contributed by atoms with Crippen molar-refractivity contribution in [2.45, 2.75) is 19.8 Å². The number of nitrogens with two attached hydrogens (primary N) is 1. The Labute approximate surface area is 158 Å². The highest BCUT2D eigenvalue weighted by molar-refractivity contribution is 5.93. The summed E-state index contributed by atoms with van der Waals surface area (Å²) in [5, 5.41) is 3.13. The minimum absolute atomic E-state index is 0.455. The molecule has 0 aliphatic rings. The Kier molecular flexibility index (Phi) is 5.99. The number of benzene rings is 2. The third kappa shape index (κ3) is 5.04. The summed E-state index contributed by atoms with van der Waals surface area (Å²) < 4.78 is 5.69. The van der Waals surface area contributed by atoms with E-state index in [2.05, 4.69) is 22.2 Å². The van der Waals surface area contributed by atoms with Crippen molar-refractivity contribution in [3.63, 3.8) is 0 Å². The minimum Gasteiger partial charge on any atom is -0.494 e. The highest BCUT2D eigenvalue weighted by atomic mass is 16.5. The van der Waals surface area contributed by atoms with Gasteiger partial charge in [0.2, 0.25) is 11.9 Å². The van der Waals surface area contributed by atoms with Gasteiger partial charge in [-0.25, -0.2) is 9.97 Å². The fraction of sp³-hybridized carbons (Fsp3) is 0.190. The zero-order valence-electron chi connectivity index (χ0n) is 15.2.